The number of esters is 2. The van der Waals surface area contributed by atoms with Crippen LogP contribution in [0.15, 0.2) is 23.0 Å². The Labute approximate surface area is 197 Å². The van der Waals surface area contributed by atoms with Crippen molar-refractivity contribution in [3.05, 3.63) is 24.2 Å². The van der Waals surface area contributed by atoms with Gasteiger partial charge in [0.1, 0.15) is 24.1 Å². The van der Waals surface area contributed by atoms with Gasteiger partial charge in [-0.2, -0.15) is 0 Å². The van der Waals surface area contributed by atoms with Gasteiger partial charge in [0.2, 0.25) is 0 Å². The van der Waals surface area contributed by atoms with Crippen LogP contribution in [0.25, 0.3) is 0 Å². The molecular formula is C26H30O8. The van der Waals surface area contributed by atoms with Gasteiger partial charge < -0.3 is 23.4 Å². The van der Waals surface area contributed by atoms with Crippen LogP contribution in [0, 0.1) is 28.1 Å². The molecule has 1 aromatic rings. The van der Waals surface area contributed by atoms with Gasteiger partial charge in [-0.3, -0.25) is 9.59 Å². The molecule has 1 unspecified atom stereocenters. The lowest BCUT2D eigenvalue weighted by Gasteiger charge is -2.65. The van der Waals surface area contributed by atoms with Crippen molar-refractivity contribution >= 4 is 17.7 Å². The summed E-state index contributed by atoms with van der Waals surface area (Å²) in [6.07, 6.45) is 3.46. The van der Waals surface area contributed by atoms with Gasteiger partial charge in [0.15, 0.2) is 6.10 Å². The van der Waals surface area contributed by atoms with Crippen molar-refractivity contribution in [1.29, 1.82) is 0 Å². The number of fused-ring (bicyclic) bond motifs is 1. The SMILES string of the molecule is CC1(C)O[C@H]2CC(=O)OC[C@@]23C2CC[C@@]4(C)[C@H](c5ccoc5)OC(=O)[C@H]5O[C@@]54[C@]2(C)C(=O)C[C@H]13. The number of cyclic esters (lactones) is 2. The highest BCUT2D eigenvalue weighted by molar-refractivity contribution is 5.93. The second-order valence-electron chi connectivity index (χ2n) is 12.2. The number of Topliss-reactive ketones (excluding diaryl/α,β-unsaturated/α-hetero) is 1. The molecule has 2 aliphatic carbocycles. The van der Waals surface area contributed by atoms with E-state index in [4.69, 9.17) is 23.4 Å². The van der Waals surface area contributed by atoms with Crippen molar-refractivity contribution in [1.82, 2.24) is 0 Å². The predicted molar refractivity (Wildman–Crippen MR) is 114 cm³/mol. The highest BCUT2D eigenvalue weighted by Gasteiger charge is 2.89. The number of carbonyl (C=O) groups excluding carboxylic acids is 3. The fourth-order valence-corrected chi connectivity index (χ4v) is 9.34. The molecule has 8 nitrogen and oxygen atoms in total. The molecule has 5 heterocycles. The maximum atomic E-state index is 14.2. The molecule has 34 heavy (non-hydrogen) atoms. The van der Waals surface area contributed by atoms with Crippen molar-refractivity contribution in [3.63, 3.8) is 0 Å². The number of hydrogen-bond donors (Lipinski definition) is 0. The lowest BCUT2D eigenvalue weighted by molar-refractivity contribution is -0.225. The average Bonchev–Trinajstić information content (AvgIpc) is 3.26. The Kier molecular flexibility index (Phi) is 3.70. The number of furan rings is 1. The summed E-state index contributed by atoms with van der Waals surface area (Å²) in [6, 6.07) is 1.81. The lowest BCUT2D eigenvalue weighted by Crippen LogP contribution is -2.72. The molecule has 7 rings (SSSR count). The molecule has 2 saturated carbocycles. The third-order valence-corrected chi connectivity index (χ3v) is 10.7. The lowest BCUT2D eigenvalue weighted by atomic mass is 9.37. The molecule has 0 bridgehead atoms. The van der Waals surface area contributed by atoms with E-state index in [1.807, 2.05) is 26.8 Å². The van der Waals surface area contributed by atoms with Crippen LogP contribution in [0.1, 0.15) is 65.0 Å². The first-order valence-corrected chi connectivity index (χ1v) is 12.3. The molecule has 182 valence electrons. The molecule has 0 N–H and O–H groups in total. The van der Waals surface area contributed by atoms with Crippen LogP contribution in [0.4, 0.5) is 0 Å². The van der Waals surface area contributed by atoms with Crippen LogP contribution >= 0.6 is 0 Å². The first kappa shape index (κ1) is 21.1. The first-order valence-electron chi connectivity index (χ1n) is 12.3. The van der Waals surface area contributed by atoms with Crippen molar-refractivity contribution in [2.24, 2.45) is 28.1 Å². The van der Waals surface area contributed by atoms with Gasteiger partial charge in [0, 0.05) is 28.7 Å². The normalized spacial score (nSPS) is 52.4. The standard InChI is InChI=1S/C26H30O8/c1-22(2)15-9-16(27)24(4)14(25(15)12-31-18(28)10-17(25)33-22)5-7-23(3)19(13-6-8-30-11-13)32-21(29)20-26(23,24)34-20/h6,8,11,14-15,17,19-20H,5,7,9-10,12H2,1-4H3/t14?,15-,17+,19+,20-,23+,24+,25+,26+/m1/s1. The Bertz CT molecular complexity index is 1120. The van der Waals surface area contributed by atoms with Crippen molar-refractivity contribution < 1.29 is 37.7 Å². The van der Waals surface area contributed by atoms with E-state index in [0.29, 0.717) is 12.8 Å². The average molecular weight is 471 g/mol. The number of epoxide rings is 1. The number of ether oxygens (including phenoxy) is 4. The quantitative estimate of drug-likeness (QED) is 0.455. The molecule has 4 saturated heterocycles. The molecule has 4 aliphatic heterocycles. The van der Waals surface area contributed by atoms with Crippen LogP contribution in [0.3, 0.4) is 0 Å². The minimum atomic E-state index is -0.976. The van der Waals surface area contributed by atoms with Gasteiger partial charge in [-0.05, 0) is 45.6 Å². The third kappa shape index (κ3) is 2.02. The van der Waals surface area contributed by atoms with Crippen LogP contribution < -0.4 is 0 Å². The maximum absolute atomic E-state index is 14.2. The zero-order valence-corrected chi connectivity index (χ0v) is 19.9. The molecule has 1 aromatic heterocycles. The highest BCUT2D eigenvalue weighted by Crippen LogP contribution is 2.79. The fraction of sp³-hybridized carbons (Fsp3) is 0.731. The number of carbonyl (C=O) groups is 3. The summed E-state index contributed by atoms with van der Waals surface area (Å²) in [7, 11) is 0. The van der Waals surface area contributed by atoms with E-state index >= 15 is 0 Å². The van der Waals surface area contributed by atoms with Crippen LogP contribution in [-0.2, 0) is 33.3 Å². The highest BCUT2D eigenvalue weighted by atomic mass is 16.7. The molecule has 0 amide bonds. The van der Waals surface area contributed by atoms with Gasteiger partial charge in [-0.15, -0.1) is 0 Å². The van der Waals surface area contributed by atoms with Gasteiger partial charge in [-0.25, -0.2) is 4.79 Å². The van der Waals surface area contributed by atoms with Gasteiger partial charge >= 0.3 is 11.9 Å². The molecular weight excluding hydrogens is 440 g/mol. The number of rotatable bonds is 1. The third-order valence-electron chi connectivity index (χ3n) is 10.7. The second-order valence-corrected chi connectivity index (χ2v) is 12.2. The molecule has 9 atom stereocenters. The van der Waals surface area contributed by atoms with Gasteiger partial charge in [-0.1, -0.05) is 6.92 Å². The summed E-state index contributed by atoms with van der Waals surface area (Å²) in [5.41, 5.74) is -2.78. The van der Waals surface area contributed by atoms with Crippen LogP contribution in [-0.4, -0.2) is 47.7 Å². The Morgan fingerprint density at radius 3 is 2.50 bits per heavy atom. The Hall–Kier alpha value is -2.19. The number of hydrogen-bond acceptors (Lipinski definition) is 8. The zero-order chi connectivity index (χ0) is 23.9. The minimum Gasteiger partial charge on any atom is -0.472 e. The summed E-state index contributed by atoms with van der Waals surface area (Å²) in [5.74, 6) is -0.780. The number of ketones is 1. The Balaban J connectivity index is 1.41. The summed E-state index contributed by atoms with van der Waals surface area (Å²) >= 11 is 0. The molecule has 6 aliphatic rings. The van der Waals surface area contributed by atoms with Gasteiger partial charge in [0.25, 0.3) is 0 Å². The zero-order valence-electron chi connectivity index (χ0n) is 19.9. The van der Waals surface area contributed by atoms with Crippen LogP contribution in [0.2, 0.25) is 0 Å². The molecule has 6 fully saturated rings. The predicted octanol–water partition coefficient (Wildman–Crippen LogP) is 3.14. The van der Waals surface area contributed by atoms with E-state index in [1.54, 1.807) is 12.5 Å². The van der Waals surface area contributed by atoms with Crippen molar-refractivity contribution in [2.45, 2.75) is 82.9 Å². The monoisotopic (exact) mass is 470 g/mol. The summed E-state index contributed by atoms with van der Waals surface area (Å²) < 4.78 is 29.8. The topological polar surface area (TPSA) is 105 Å². The summed E-state index contributed by atoms with van der Waals surface area (Å²) in [6.45, 7) is 8.36. The second kappa shape index (κ2) is 5.95. The van der Waals surface area contributed by atoms with E-state index < -0.39 is 45.6 Å². The summed E-state index contributed by atoms with van der Waals surface area (Å²) in [4.78, 5) is 39.7. The largest absolute Gasteiger partial charge is 0.472 e. The molecule has 2 spiro atoms. The van der Waals surface area contributed by atoms with E-state index in [1.165, 1.54) is 0 Å². The fourth-order valence-electron chi connectivity index (χ4n) is 9.34. The van der Waals surface area contributed by atoms with Gasteiger partial charge in [0.05, 0.1) is 36.1 Å². The Morgan fingerprint density at radius 2 is 1.76 bits per heavy atom. The summed E-state index contributed by atoms with van der Waals surface area (Å²) in [5, 5.41) is 0. The Morgan fingerprint density at radius 1 is 0.971 bits per heavy atom. The smallest absolute Gasteiger partial charge is 0.339 e. The van der Waals surface area contributed by atoms with E-state index in [9.17, 15) is 14.4 Å². The molecule has 0 radical (unpaired) electrons. The maximum Gasteiger partial charge on any atom is 0.339 e. The minimum absolute atomic E-state index is 0.0677. The molecule has 0 aromatic carbocycles. The van der Waals surface area contributed by atoms with E-state index in [2.05, 4.69) is 6.92 Å². The molecule has 8 heteroatoms. The van der Waals surface area contributed by atoms with E-state index in [-0.39, 0.29) is 42.7 Å². The first-order chi connectivity index (χ1) is 16.0. The van der Waals surface area contributed by atoms with E-state index in [0.717, 1.165) is 12.0 Å². The van der Waals surface area contributed by atoms with Crippen molar-refractivity contribution in [2.75, 3.05) is 6.61 Å². The van der Waals surface area contributed by atoms with Crippen molar-refractivity contribution in [3.8, 4) is 0 Å². The van der Waals surface area contributed by atoms with Crippen LogP contribution in [0.5, 0.6) is 0 Å².